The van der Waals surface area contributed by atoms with Crippen LogP contribution in [0.3, 0.4) is 0 Å². The zero-order valence-corrected chi connectivity index (χ0v) is 19.7. The van der Waals surface area contributed by atoms with E-state index in [4.69, 9.17) is 4.98 Å². The smallest absolute Gasteiger partial charge is 0.263 e. The summed E-state index contributed by atoms with van der Waals surface area (Å²) < 4.78 is 1.56. The second-order valence-corrected chi connectivity index (χ2v) is 10.1. The maximum absolute atomic E-state index is 13.6. The van der Waals surface area contributed by atoms with Gasteiger partial charge in [-0.1, -0.05) is 13.0 Å². The van der Waals surface area contributed by atoms with Crippen molar-refractivity contribution in [2.24, 2.45) is 5.92 Å². The van der Waals surface area contributed by atoms with Crippen LogP contribution >= 0.6 is 11.3 Å². The average molecular weight is 439 g/mol. The molecule has 1 aliphatic carbocycles. The Morgan fingerprint density at radius 2 is 2.06 bits per heavy atom. The van der Waals surface area contributed by atoms with Gasteiger partial charge in [0.05, 0.1) is 11.9 Å². The van der Waals surface area contributed by atoms with E-state index in [0.717, 1.165) is 40.9 Å². The third-order valence-electron chi connectivity index (χ3n) is 6.04. The number of anilines is 1. The lowest BCUT2D eigenvalue weighted by molar-refractivity contribution is -0.116. The molecule has 1 aromatic carbocycles. The Morgan fingerprint density at radius 1 is 1.29 bits per heavy atom. The van der Waals surface area contributed by atoms with Crippen LogP contribution in [0.4, 0.5) is 5.69 Å². The summed E-state index contributed by atoms with van der Waals surface area (Å²) in [5.41, 5.74) is 4.09. The van der Waals surface area contributed by atoms with Gasteiger partial charge in [0.15, 0.2) is 0 Å². The summed E-state index contributed by atoms with van der Waals surface area (Å²) in [5.74, 6) is 1.04. The van der Waals surface area contributed by atoms with Crippen molar-refractivity contribution in [1.82, 2.24) is 14.5 Å². The van der Waals surface area contributed by atoms with Gasteiger partial charge in [-0.3, -0.25) is 14.2 Å². The molecule has 1 unspecified atom stereocenters. The Morgan fingerprint density at radius 3 is 2.77 bits per heavy atom. The van der Waals surface area contributed by atoms with Crippen molar-refractivity contribution in [3.05, 3.63) is 55.9 Å². The van der Waals surface area contributed by atoms with E-state index in [1.54, 1.807) is 15.9 Å². The Kier molecular flexibility index (Phi) is 5.99. The zero-order valence-electron chi connectivity index (χ0n) is 18.9. The minimum atomic E-state index is -0.218. The second kappa shape index (κ2) is 8.55. The molecule has 164 valence electrons. The molecule has 31 heavy (non-hydrogen) atoms. The lowest BCUT2D eigenvalue weighted by Gasteiger charge is -2.18. The lowest BCUT2D eigenvalue weighted by Crippen LogP contribution is -2.33. The molecule has 0 bridgehead atoms. The third kappa shape index (κ3) is 4.43. The van der Waals surface area contributed by atoms with Crippen LogP contribution in [-0.4, -0.2) is 34.5 Å². The molecule has 4 rings (SSSR count). The second-order valence-electron chi connectivity index (χ2n) is 9.04. The molecule has 2 aromatic heterocycles. The van der Waals surface area contributed by atoms with E-state index in [1.165, 1.54) is 10.4 Å². The van der Waals surface area contributed by atoms with Gasteiger partial charge in [-0.2, -0.15) is 0 Å². The molecule has 0 radical (unpaired) electrons. The summed E-state index contributed by atoms with van der Waals surface area (Å²) in [7, 11) is 3.88. The van der Waals surface area contributed by atoms with Crippen molar-refractivity contribution in [3.8, 4) is 0 Å². The van der Waals surface area contributed by atoms with Gasteiger partial charge in [-0.05, 0) is 81.9 Å². The monoisotopic (exact) mass is 438 g/mol. The molecule has 0 saturated heterocycles. The van der Waals surface area contributed by atoms with E-state index in [0.29, 0.717) is 23.7 Å². The molecule has 1 atom stereocenters. The summed E-state index contributed by atoms with van der Waals surface area (Å²) in [4.78, 5) is 35.3. The van der Waals surface area contributed by atoms with E-state index in [1.807, 2.05) is 51.0 Å². The van der Waals surface area contributed by atoms with Crippen LogP contribution in [0.15, 0.2) is 23.0 Å². The van der Waals surface area contributed by atoms with E-state index in [2.05, 4.69) is 12.2 Å². The number of aromatic nitrogens is 2. The van der Waals surface area contributed by atoms with Gasteiger partial charge in [-0.15, -0.1) is 11.3 Å². The Balaban J connectivity index is 1.72. The number of amides is 1. The summed E-state index contributed by atoms with van der Waals surface area (Å²) in [6, 6.07) is 5.83. The lowest BCUT2D eigenvalue weighted by atomic mass is 9.89. The minimum absolute atomic E-state index is 0.0428. The van der Waals surface area contributed by atoms with Crippen LogP contribution in [-0.2, 0) is 30.7 Å². The first-order valence-corrected chi connectivity index (χ1v) is 11.6. The maximum Gasteiger partial charge on any atom is 0.263 e. The van der Waals surface area contributed by atoms with Crippen LogP contribution in [0.2, 0.25) is 0 Å². The fourth-order valence-electron chi connectivity index (χ4n) is 4.20. The van der Waals surface area contributed by atoms with Gasteiger partial charge in [0.1, 0.15) is 17.2 Å². The molecule has 0 fully saturated rings. The summed E-state index contributed by atoms with van der Waals surface area (Å²) in [6.45, 7) is 6.77. The first-order chi connectivity index (χ1) is 14.7. The number of nitrogens with zero attached hydrogens (tertiary/aromatic N) is 3. The fourth-order valence-corrected chi connectivity index (χ4v) is 5.59. The molecule has 2 heterocycles. The van der Waals surface area contributed by atoms with Crippen molar-refractivity contribution < 1.29 is 4.79 Å². The molecule has 0 aliphatic heterocycles. The van der Waals surface area contributed by atoms with E-state index < -0.39 is 0 Å². The number of hydrogen-bond donors (Lipinski definition) is 1. The number of carbonyl (C=O) groups excluding carboxylic acids is 1. The fraction of sp³-hybridized carbons (Fsp3) is 0.458. The number of carbonyl (C=O) groups is 1. The van der Waals surface area contributed by atoms with Gasteiger partial charge >= 0.3 is 0 Å². The van der Waals surface area contributed by atoms with Gasteiger partial charge in [0, 0.05) is 10.6 Å². The zero-order chi connectivity index (χ0) is 22.3. The highest BCUT2D eigenvalue weighted by Crippen LogP contribution is 2.35. The highest BCUT2D eigenvalue weighted by atomic mass is 32.1. The van der Waals surface area contributed by atoms with Gasteiger partial charge < -0.3 is 10.2 Å². The number of fused-ring (bicyclic) bond motifs is 3. The van der Waals surface area contributed by atoms with Crippen molar-refractivity contribution in [2.75, 3.05) is 19.4 Å². The molecule has 1 aliphatic rings. The quantitative estimate of drug-likeness (QED) is 0.656. The molecule has 6 nitrogen and oxygen atoms in total. The highest BCUT2D eigenvalue weighted by Gasteiger charge is 2.25. The van der Waals surface area contributed by atoms with Crippen LogP contribution < -0.4 is 10.9 Å². The van der Waals surface area contributed by atoms with Crippen LogP contribution in [0, 0.1) is 19.8 Å². The first kappa shape index (κ1) is 21.7. The topological polar surface area (TPSA) is 67.2 Å². The molecule has 0 spiro atoms. The number of rotatable bonds is 5. The maximum atomic E-state index is 13.6. The summed E-state index contributed by atoms with van der Waals surface area (Å²) in [5, 5.41) is 3.65. The third-order valence-corrected chi connectivity index (χ3v) is 7.19. The van der Waals surface area contributed by atoms with E-state index in [9.17, 15) is 9.59 Å². The number of benzene rings is 1. The van der Waals surface area contributed by atoms with Gasteiger partial charge in [-0.25, -0.2) is 4.98 Å². The highest BCUT2D eigenvalue weighted by molar-refractivity contribution is 7.18. The number of nitrogens with one attached hydrogen (secondary N) is 1. The van der Waals surface area contributed by atoms with Crippen LogP contribution in [0.5, 0.6) is 0 Å². The van der Waals surface area contributed by atoms with Crippen LogP contribution in [0.25, 0.3) is 10.2 Å². The number of aryl methyl sites for hydroxylation is 3. The van der Waals surface area contributed by atoms with Gasteiger partial charge in [0.25, 0.3) is 5.56 Å². The van der Waals surface area contributed by atoms with Crippen molar-refractivity contribution in [3.63, 3.8) is 0 Å². The van der Waals surface area contributed by atoms with Crippen molar-refractivity contribution >= 4 is 33.1 Å². The Labute approximate surface area is 186 Å². The molecule has 0 saturated carbocycles. The van der Waals surface area contributed by atoms with Crippen molar-refractivity contribution in [1.29, 1.82) is 0 Å². The standard InChI is InChI=1S/C24H30N4O2S/c1-14-6-9-18-19(10-14)31-23-22(18)24(30)28(20(26-23)12-27(4)5)13-21(29)25-17-8-7-15(2)16(3)11-17/h7-8,11,14H,6,9-10,12-13H2,1-5H3,(H,25,29). The predicted molar refractivity (Wildman–Crippen MR) is 127 cm³/mol. The molecule has 3 aromatic rings. The van der Waals surface area contributed by atoms with Crippen LogP contribution in [0.1, 0.15) is 40.7 Å². The number of hydrogen-bond acceptors (Lipinski definition) is 5. The first-order valence-electron chi connectivity index (χ1n) is 10.8. The molecular formula is C24H30N4O2S. The molecule has 7 heteroatoms. The van der Waals surface area contributed by atoms with E-state index in [-0.39, 0.29) is 18.0 Å². The summed E-state index contributed by atoms with van der Waals surface area (Å²) in [6.07, 6.45) is 3.01. The largest absolute Gasteiger partial charge is 0.325 e. The van der Waals surface area contributed by atoms with Gasteiger partial charge in [0.2, 0.25) is 5.91 Å². The Bertz CT molecular complexity index is 1210. The normalized spacial score (nSPS) is 16.0. The minimum Gasteiger partial charge on any atom is -0.325 e. The summed E-state index contributed by atoms with van der Waals surface area (Å²) >= 11 is 1.65. The molecule has 1 N–H and O–H groups in total. The van der Waals surface area contributed by atoms with Crippen molar-refractivity contribution in [2.45, 2.75) is 53.1 Å². The Hall–Kier alpha value is -2.51. The average Bonchev–Trinajstić information content (AvgIpc) is 3.04. The van der Waals surface area contributed by atoms with E-state index >= 15 is 0 Å². The molecule has 1 amide bonds. The predicted octanol–water partition coefficient (Wildman–Crippen LogP) is 3.90. The SMILES string of the molecule is Cc1ccc(NC(=O)Cn2c(CN(C)C)nc3sc4c(c3c2=O)CCC(C)C4)cc1C. The molecular weight excluding hydrogens is 408 g/mol. The number of thiophene rings is 1.